The van der Waals surface area contributed by atoms with Crippen molar-refractivity contribution in [2.75, 3.05) is 0 Å². The summed E-state index contributed by atoms with van der Waals surface area (Å²) in [6, 6.07) is 4.78. The van der Waals surface area contributed by atoms with E-state index >= 15 is 0 Å². The van der Waals surface area contributed by atoms with Gasteiger partial charge in [0.2, 0.25) is 0 Å². The fourth-order valence-electron chi connectivity index (χ4n) is 1.00. The maximum Gasteiger partial charge on any atom is 0.294 e. The maximum absolute atomic E-state index is 10.8. The van der Waals surface area contributed by atoms with E-state index in [2.05, 4.69) is 0 Å². The summed E-state index contributed by atoms with van der Waals surface area (Å²) in [5.41, 5.74) is 1.45. The van der Waals surface area contributed by atoms with Crippen LogP contribution in [-0.4, -0.2) is 13.0 Å². The summed E-state index contributed by atoms with van der Waals surface area (Å²) in [5, 5.41) is 0. The Morgan fingerprint density at radius 3 is 2.15 bits per heavy atom. The normalized spacial score (nSPS) is 10.7. The van der Waals surface area contributed by atoms with Crippen molar-refractivity contribution in [3.63, 3.8) is 0 Å². The molecule has 0 fully saturated rings. The van der Waals surface area contributed by atoms with Crippen LogP contribution in [0.5, 0.6) is 0 Å². The lowest BCUT2D eigenvalue weighted by molar-refractivity contribution is 0.482. The van der Waals surface area contributed by atoms with Crippen molar-refractivity contribution in [1.82, 2.24) is 0 Å². The smallest absolute Gasteiger partial charge is 0.282 e. The molecule has 0 aliphatic heterocycles. The van der Waals surface area contributed by atoms with E-state index in [1.807, 2.05) is 0 Å². The van der Waals surface area contributed by atoms with Gasteiger partial charge in [-0.3, -0.25) is 4.55 Å². The van der Waals surface area contributed by atoms with Gasteiger partial charge in [-0.2, -0.15) is 8.42 Å². The average molecular weight is 223 g/mol. The highest BCUT2D eigenvalue weighted by Crippen LogP contribution is 2.17. The van der Waals surface area contributed by atoms with Crippen molar-refractivity contribution in [3.8, 4) is 0 Å². The van der Waals surface area contributed by atoms with Gasteiger partial charge in [-0.15, -0.1) is 12.4 Å². The first-order valence-electron chi connectivity index (χ1n) is 3.46. The molecule has 0 saturated heterocycles. The fraction of sp³-hybridized carbons (Fsp3) is 0.250. The highest BCUT2D eigenvalue weighted by atomic mass is 35.5. The van der Waals surface area contributed by atoms with Crippen LogP contribution in [0.15, 0.2) is 23.1 Å². The number of benzene rings is 1. The Kier molecular flexibility index (Phi) is 3.90. The van der Waals surface area contributed by atoms with Crippen LogP contribution in [0.4, 0.5) is 0 Å². The molecule has 1 aromatic rings. The first-order valence-corrected chi connectivity index (χ1v) is 4.90. The van der Waals surface area contributed by atoms with Crippen LogP contribution in [0.2, 0.25) is 0 Å². The fourth-order valence-corrected chi connectivity index (χ4v) is 1.80. The average Bonchev–Trinajstić information content (AvgIpc) is 1.92. The molecule has 0 atom stereocenters. The molecule has 74 valence electrons. The lowest BCUT2D eigenvalue weighted by Crippen LogP contribution is -2.01. The molecule has 0 amide bonds. The molecule has 5 heteroatoms. The molecule has 0 aliphatic carbocycles. The maximum atomic E-state index is 10.8. The highest BCUT2D eigenvalue weighted by molar-refractivity contribution is 7.85. The third kappa shape index (κ3) is 2.69. The molecule has 0 unspecified atom stereocenters. The van der Waals surface area contributed by atoms with Gasteiger partial charge in [-0.25, -0.2) is 0 Å². The van der Waals surface area contributed by atoms with E-state index in [0.717, 1.165) is 5.56 Å². The summed E-state index contributed by atoms with van der Waals surface area (Å²) in [5.74, 6) is 0. The van der Waals surface area contributed by atoms with Crippen LogP contribution in [0.25, 0.3) is 0 Å². The Bertz CT molecular complexity index is 398. The second-order valence-electron chi connectivity index (χ2n) is 2.67. The molecule has 0 radical (unpaired) electrons. The van der Waals surface area contributed by atoms with Crippen molar-refractivity contribution in [2.24, 2.45) is 0 Å². The number of hydrogen-bond donors (Lipinski definition) is 1. The van der Waals surface area contributed by atoms with Crippen LogP contribution in [0.1, 0.15) is 11.1 Å². The molecule has 0 saturated carbocycles. The molecule has 1 rings (SSSR count). The summed E-state index contributed by atoms with van der Waals surface area (Å²) in [4.78, 5) is -0.0116. The molecular formula is C8H11ClO3S. The Hall–Kier alpha value is -0.580. The quantitative estimate of drug-likeness (QED) is 0.740. The largest absolute Gasteiger partial charge is 0.294 e. The summed E-state index contributed by atoms with van der Waals surface area (Å²) in [6.45, 7) is 3.46. The van der Waals surface area contributed by atoms with Gasteiger partial charge in [0.05, 0.1) is 4.90 Å². The molecule has 0 aromatic heterocycles. The lowest BCUT2D eigenvalue weighted by Gasteiger charge is -2.03. The van der Waals surface area contributed by atoms with Crippen molar-refractivity contribution < 1.29 is 13.0 Å². The van der Waals surface area contributed by atoms with Crippen LogP contribution in [0, 0.1) is 13.8 Å². The van der Waals surface area contributed by atoms with Gasteiger partial charge in [0.1, 0.15) is 0 Å². The zero-order valence-corrected chi connectivity index (χ0v) is 8.95. The zero-order chi connectivity index (χ0) is 9.35. The van der Waals surface area contributed by atoms with E-state index in [-0.39, 0.29) is 17.3 Å². The minimum atomic E-state index is -4.06. The highest BCUT2D eigenvalue weighted by Gasteiger charge is 2.12. The van der Waals surface area contributed by atoms with E-state index in [9.17, 15) is 8.42 Å². The third-order valence-electron chi connectivity index (χ3n) is 1.83. The van der Waals surface area contributed by atoms with E-state index in [1.165, 1.54) is 6.07 Å². The minimum Gasteiger partial charge on any atom is -0.282 e. The summed E-state index contributed by atoms with van der Waals surface area (Å²) in [7, 11) is -4.06. The van der Waals surface area contributed by atoms with Crippen molar-refractivity contribution in [1.29, 1.82) is 0 Å². The SMILES string of the molecule is Cc1cccc(S(=O)(=O)O)c1C.Cl. The molecular weight excluding hydrogens is 212 g/mol. The predicted octanol–water partition coefficient (Wildman–Crippen LogP) is 1.97. The Morgan fingerprint density at radius 1 is 1.23 bits per heavy atom. The molecule has 13 heavy (non-hydrogen) atoms. The van der Waals surface area contributed by atoms with Crippen LogP contribution >= 0.6 is 12.4 Å². The summed E-state index contributed by atoms with van der Waals surface area (Å²) < 4.78 is 30.3. The number of hydrogen-bond acceptors (Lipinski definition) is 2. The van der Waals surface area contributed by atoms with Crippen molar-refractivity contribution >= 4 is 22.5 Å². The van der Waals surface area contributed by atoms with Crippen molar-refractivity contribution in [3.05, 3.63) is 29.3 Å². The Morgan fingerprint density at radius 2 is 1.77 bits per heavy atom. The Labute approximate surface area is 83.9 Å². The molecule has 1 N–H and O–H groups in total. The first kappa shape index (κ1) is 12.4. The molecule has 1 aromatic carbocycles. The van der Waals surface area contributed by atoms with Gasteiger partial charge in [0.25, 0.3) is 10.1 Å². The van der Waals surface area contributed by atoms with E-state index in [1.54, 1.807) is 26.0 Å². The second-order valence-corrected chi connectivity index (χ2v) is 4.06. The van der Waals surface area contributed by atoms with E-state index in [0.29, 0.717) is 5.56 Å². The van der Waals surface area contributed by atoms with Gasteiger partial charge in [0.15, 0.2) is 0 Å². The molecule has 0 bridgehead atoms. The topological polar surface area (TPSA) is 54.4 Å². The van der Waals surface area contributed by atoms with Crippen LogP contribution in [-0.2, 0) is 10.1 Å². The van der Waals surface area contributed by atoms with Gasteiger partial charge in [-0.05, 0) is 31.0 Å². The standard InChI is InChI=1S/C8H10O3S.ClH/c1-6-4-3-5-8(7(6)2)12(9,10)11;/h3-5H,1-2H3,(H,9,10,11);1H. The summed E-state index contributed by atoms with van der Waals surface area (Å²) in [6.07, 6.45) is 0. The molecule has 0 heterocycles. The Balaban J connectivity index is 0.00000144. The van der Waals surface area contributed by atoms with Gasteiger partial charge in [0, 0.05) is 0 Å². The minimum absolute atomic E-state index is 0. The molecule has 3 nitrogen and oxygen atoms in total. The van der Waals surface area contributed by atoms with Gasteiger partial charge >= 0.3 is 0 Å². The van der Waals surface area contributed by atoms with Crippen molar-refractivity contribution in [2.45, 2.75) is 18.7 Å². The van der Waals surface area contributed by atoms with Crippen LogP contribution in [0.3, 0.4) is 0 Å². The van der Waals surface area contributed by atoms with Crippen LogP contribution < -0.4 is 0 Å². The van der Waals surface area contributed by atoms with Gasteiger partial charge < -0.3 is 0 Å². The number of rotatable bonds is 1. The molecule has 0 spiro atoms. The van der Waals surface area contributed by atoms with E-state index < -0.39 is 10.1 Å². The van der Waals surface area contributed by atoms with Gasteiger partial charge in [-0.1, -0.05) is 12.1 Å². The summed E-state index contributed by atoms with van der Waals surface area (Å²) >= 11 is 0. The number of aryl methyl sites for hydroxylation is 1. The predicted molar refractivity (Wildman–Crippen MR) is 53.0 cm³/mol. The first-order chi connectivity index (χ1) is 5.43. The zero-order valence-electron chi connectivity index (χ0n) is 7.31. The third-order valence-corrected chi connectivity index (χ3v) is 2.83. The van der Waals surface area contributed by atoms with E-state index in [4.69, 9.17) is 4.55 Å². The second kappa shape index (κ2) is 4.09. The monoisotopic (exact) mass is 222 g/mol. The number of halogens is 1. The lowest BCUT2D eigenvalue weighted by atomic mass is 10.1. The molecule has 0 aliphatic rings.